The Morgan fingerprint density at radius 2 is 1.76 bits per heavy atom. The number of nitrogens with two attached hydrogens (primary N) is 1. The van der Waals surface area contributed by atoms with Crippen LogP contribution in [0, 0.1) is 11.6 Å². The summed E-state index contributed by atoms with van der Waals surface area (Å²) in [6.07, 6.45) is 1.43. The normalized spacial score (nSPS) is 15.0. The molecule has 1 aromatic heterocycles. The molecule has 7 nitrogen and oxygen atoms in total. The zero-order valence-electron chi connectivity index (χ0n) is 16.9. The molecule has 0 aliphatic carbocycles. The zero-order chi connectivity index (χ0) is 24.1. The summed E-state index contributed by atoms with van der Waals surface area (Å²) in [7, 11) is -2.90. The smallest absolute Gasteiger partial charge is 0.259 e. The molecule has 0 saturated carbocycles. The highest BCUT2D eigenvalue weighted by atomic mass is 79.9. The standard InChI is InChI=1S/C21H15Br2F2N3O4S/c1-32-19-17(11-5-3-2-4-6-11)18-14(9-27-19)21(22,23)20(29)28(18)10-13-15(24)7-12(8-16(13)25)33(26,30)31/h2-9H,10H2,1H3,(H2,26,30,31). The van der Waals surface area contributed by atoms with Gasteiger partial charge >= 0.3 is 0 Å². The van der Waals surface area contributed by atoms with E-state index in [0.717, 1.165) is 0 Å². The number of pyridine rings is 1. The number of rotatable bonds is 5. The van der Waals surface area contributed by atoms with Crippen LogP contribution in [-0.2, 0) is 24.6 Å². The third-order valence-electron chi connectivity index (χ3n) is 5.15. The molecule has 12 heteroatoms. The first-order valence-electron chi connectivity index (χ1n) is 9.30. The molecule has 1 aliphatic heterocycles. The number of aromatic nitrogens is 1. The predicted octanol–water partition coefficient (Wildman–Crippen LogP) is 4.17. The topological polar surface area (TPSA) is 103 Å². The largest absolute Gasteiger partial charge is 0.480 e. The second-order valence-electron chi connectivity index (χ2n) is 7.15. The number of nitrogens with zero attached hydrogens (tertiary/aromatic N) is 2. The van der Waals surface area contributed by atoms with Gasteiger partial charge in [-0.25, -0.2) is 27.3 Å². The molecular weight excluding hydrogens is 588 g/mol. The number of benzene rings is 2. The number of ether oxygens (including phenoxy) is 1. The molecule has 2 aromatic carbocycles. The van der Waals surface area contributed by atoms with Crippen LogP contribution < -0.4 is 14.8 Å². The molecule has 3 aromatic rings. The molecule has 0 radical (unpaired) electrons. The molecule has 33 heavy (non-hydrogen) atoms. The van der Waals surface area contributed by atoms with Gasteiger partial charge in [0.15, 0.2) is 3.23 Å². The Labute approximate surface area is 204 Å². The molecular formula is C21H15Br2F2N3O4S. The molecule has 0 bridgehead atoms. The molecule has 0 atom stereocenters. The number of alkyl halides is 2. The second-order valence-corrected chi connectivity index (χ2v) is 12.2. The number of anilines is 1. The van der Waals surface area contributed by atoms with Crippen molar-refractivity contribution in [3.63, 3.8) is 0 Å². The van der Waals surface area contributed by atoms with Gasteiger partial charge in [0.05, 0.1) is 29.8 Å². The van der Waals surface area contributed by atoms with Gasteiger partial charge in [-0.2, -0.15) is 0 Å². The number of fused-ring (bicyclic) bond motifs is 1. The molecule has 0 unspecified atom stereocenters. The Hall–Kier alpha value is -2.41. The van der Waals surface area contributed by atoms with E-state index in [2.05, 4.69) is 36.8 Å². The van der Waals surface area contributed by atoms with Crippen molar-refractivity contribution in [1.82, 2.24) is 4.98 Å². The highest BCUT2D eigenvalue weighted by Crippen LogP contribution is 2.55. The summed E-state index contributed by atoms with van der Waals surface area (Å²) in [4.78, 5) is 18.1. The van der Waals surface area contributed by atoms with Crippen LogP contribution in [0.25, 0.3) is 11.1 Å². The van der Waals surface area contributed by atoms with Crippen LogP contribution >= 0.6 is 31.9 Å². The van der Waals surface area contributed by atoms with Gasteiger partial charge in [0.1, 0.15) is 11.6 Å². The summed E-state index contributed by atoms with van der Waals surface area (Å²) in [5.74, 6) is -2.66. The Kier molecular flexibility index (Phi) is 6.06. The van der Waals surface area contributed by atoms with E-state index in [0.29, 0.717) is 34.5 Å². The SMILES string of the molecule is COc1ncc2c(c1-c1ccccc1)N(Cc1c(F)cc(S(N)(=O)=O)cc1F)C(=O)C2(Br)Br. The number of primary sulfonamides is 1. The van der Waals surface area contributed by atoms with Crippen molar-refractivity contribution in [2.45, 2.75) is 14.7 Å². The average Bonchev–Trinajstić information content (AvgIpc) is 2.95. The fraction of sp³-hybridized carbons (Fsp3) is 0.143. The number of sulfonamides is 1. The van der Waals surface area contributed by atoms with Crippen molar-refractivity contribution in [1.29, 1.82) is 0 Å². The predicted molar refractivity (Wildman–Crippen MR) is 125 cm³/mol. The highest BCUT2D eigenvalue weighted by Gasteiger charge is 2.50. The van der Waals surface area contributed by atoms with Gasteiger partial charge in [0.25, 0.3) is 5.91 Å². The van der Waals surface area contributed by atoms with Crippen LogP contribution in [0.2, 0.25) is 0 Å². The van der Waals surface area contributed by atoms with E-state index in [4.69, 9.17) is 9.88 Å². The monoisotopic (exact) mass is 601 g/mol. The van der Waals surface area contributed by atoms with Gasteiger partial charge in [-0.05, 0) is 17.7 Å². The van der Waals surface area contributed by atoms with Crippen LogP contribution in [0.3, 0.4) is 0 Å². The molecule has 172 valence electrons. The molecule has 2 N–H and O–H groups in total. The van der Waals surface area contributed by atoms with Crippen LogP contribution in [0.5, 0.6) is 5.88 Å². The molecule has 4 rings (SSSR count). The van der Waals surface area contributed by atoms with E-state index in [-0.39, 0.29) is 5.88 Å². The summed E-state index contributed by atoms with van der Waals surface area (Å²) in [5.41, 5.74) is 1.36. The van der Waals surface area contributed by atoms with E-state index in [1.807, 2.05) is 6.07 Å². The third kappa shape index (κ3) is 4.05. The van der Waals surface area contributed by atoms with Crippen LogP contribution in [0.15, 0.2) is 53.6 Å². The first-order valence-corrected chi connectivity index (χ1v) is 12.4. The van der Waals surface area contributed by atoms with Crippen LogP contribution in [0.4, 0.5) is 14.5 Å². The van der Waals surface area contributed by atoms with Gasteiger partial charge in [0, 0.05) is 17.3 Å². The molecule has 1 aliphatic rings. The lowest BCUT2D eigenvalue weighted by Crippen LogP contribution is -2.33. The molecule has 1 amide bonds. The van der Waals surface area contributed by atoms with E-state index in [9.17, 15) is 22.0 Å². The van der Waals surface area contributed by atoms with Gasteiger partial charge in [-0.3, -0.25) is 4.79 Å². The highest BCUT2D eigenvalue weighted by molar-refractivity contribution is 9.25. The van der Waals surface area contributed by atoms with Gasteiger partial charge in [0.2, 0.25) is 15.9 Å². The van der Waals surface area contributed by atoms with E-state index in [1.54, 1.807) is 24.3 Å². The summed E-state index contributed by atoms with van der Waals surface area (Å²) in [6.45, 7) is -0.527. The van der Waals surface area contributed by atoms with Crippen LogP contribution in [0.1, 0.15) is 11.1 Å². The number of halogens is 4. The van der Waals surface area contributed by atoms with Crippen molar-refractivity contribution in [3.8, 4) is 17.0 Å². The Morgan fingerprint density at radius 3 is 2.30 bits per heavy atom. The maximum absolute atomic E-state index is 14.8. The molecule has 2 heterocycles. The van der Waals surface area contributed by atoms with Crippen molar-refractivity contribution < 1.29 is 26.7 Å². The quantitative estimate of drug-likeness (QED) is 0.442. The minimum atomic E-state index is -4.32. The molecule has 0 fully saturated rings. The van der Waals surface area contributed by atoms with Crippen LogP contribution in [-0.4, -0.2) is 26.4 Å². The van der Waals surface area contributed by atoms with Crippen molar-refractivity contribution >= 4 is 53.5 Å². The first-order chi connectivity index (χ1) is 15.5. The Balaban J connectivity index is 1.93. The fourth-order valence-corrected chi connectivity index (χ4v) is 5.15. The number of methoxy groups -OCH3 is 1. The maximum atomic E-state index is 14.8. The van der Waals surface area contributed by atoms with E-state index >= 15 is 0 Å². The summed E-state index contributed by atoms with van der Waals surface area (Å²) >= 11 is 6.70. The van der Waals surface area contributed by atoms with Gasteiger partial charge < -0.3 is 9.64 Å². The van der Waals surface area contributed by atoms with Crippen molar-refractivity contribution in [3.05, 3.63) is 71.4 Å². The number of carbonyl (C=O) groups excluding carboxylic acids is 1. The lowest BCUT2D eigenvalue weighted by Gasteiger charge is -2.22. The van der Waals surface area contributed by atoms with Crippen molar-refractivity contribution in [2.24, 2.45) is 5.14 Å². The van der Waals surface area contributed by atoms with Gasteiger partial charge in [-0.15, -0.1) is 0 Å². The lowest BCUT2D eigenvalue weighted by molar-refractivity contribution is -0.118. The summed E-state index contributed by atoms with van der Waals surface area (Å²) in [5, 5.41) is 4.99. The minimum Gasteiger partial charge on any atom is -0.480 e. The second kappa shape index (κ2) is 8.42. The summed E-state index contributed by atoms with van der Waals surface area (Å²) in [6, 6.07) is 10.2. The Morgan fingerprint density at radius 1 is 1.15 bits per heavy atom. The minimum absolute atomic E-state index is 0.209. The fourth-order valence-electron chi connectivity index (χ4n) is 3.61. The molecule has 0 spiro atoms. The zero-order valence-corrected chi connectivity index (χ0v) is 20.8. The number of hydrogen-bond donors (Lipinski definition) is 1. The molecule has 0 saturated heterocycles. The lowest BCUT2D eigenvalue weighted by atomic mass is 10.0. The third-order valence-corrected chi connectivity index (χ3v) is 7.58. The van der Waals surface area contributed by atoms with Gasteiger partial charge in [-0.1, -0.05) is 62.2 Å². The summed E-state index contributed by atoms with van der Waals surface area (Å²) < 4.78 is 56.6. The average molecular weight is 603 g/mol. The number of amides is 1. The number of hydrogen-bond acceptors (Lipinski definition) is 5. The van der Waals surface area contributed by atoms with E-state index < -0.39 is 47.8 Å². The number of carbonyl (C=O) groups is 1. The maximum Gasteiger partial charge on any atom is 0.259 e. The first kappa shape index (κ1) is 23.7. The van der Waals surface area contributed by atoms with E-state index in [1.165, 1.54) is 18.2 Å². The Bertz CT molecular complexity index is 1360. The van der Waals surface area contributed by atoms with Crippen molar-refractivity contribution in [2.75, 3.05) is 12.0 Å².